The van der Waals surface area contributed by atoms with Gasteiger partial charge in [0.1, 0.15) is 0 Å². The van der Waals surface area contributed by atoms with E-state index in [1.54, 1.807) is 0 Å². The van der Waals surface area contributed by atoms with Gasteiger partial charge in [0.25, 0.3) is 5.56 Å². The lowest BCUT2D eigenvalue weighted by atomic mass is 10.4. The Balaban J connectivity index is 3.79. The number of nitrogen functional groups attached to an aromatic ring is 1. The zero-order valence-electron chi connectivity index (χ0n) is 6.40. The molecule has 0 saturated heterocycles. The molecular weight excluding hydrogens is 156 g/mol. The van der Waals surface area contributed by atoms with Crippen LogP contribution in [0.2, 0.25) is 0 Å². The molecule has 0 spiro atoms. The van der Waals surface area contributed by atoms with Crippen LogP contribution in [0, 0.1) is 0 Å². The molecule has 0 bridgehead atoms. The molecular formula is C7H8N4O. The molecule has 5 heteroatoms. The van der Waals surface area contributed by atoms with Gasteiger partial charge in [0, 0.05) is 0 Å². The smallest absolute Gasteiger partial charge is 0.296 e. The minimum Gasteiger partial charge on any atom is -0.318 e. The molecule has 0 saturated carbocycles. The fraction of sp³-hybridized carbons (Fsp3) is 0. The van der Waals surface area contributed by atoms with Crippen molar-refractivity contribution in [1.29, 1.82) is 0 Å². The minimum absolute atomic E-state index is 0.293. The summed E-state index contributed by atoms with van der Waals surface area (Å²) < 4.78 is 0. The average molecular weight is 164 g/mol. The number of rotatable bonds is 1. The number of hydrogen-bond acceptors (Lipinski definition) is 4. The third-order valence-electron chi connectivity index (χ3n) is 1.30. The molecule has 0 fully saturated rings. The van der Waals surface area contributed by atoms with Gasteiger partial charge in [-0.15, -0.1) is 9.89 Å². The first-order chi connectivity index (χ1) is 5.66. The van der Waals surface area contributed by atoms with E-state index in [-0.39, 0.29) is 0 Å². The van der Waals surface area contributed by atoms with Crippen LogP contribution < -0.4 is 22.0 Å². The molecule has 1 aromatic rings. The highest BCUT2D eigenvalue weighted by Gasteiger charge is 1.94. The van der Waals surface area contributed by atoms with Crippen LogP contribution in [0.5, 0.6) is 0 Å². The highest BCUT2D eigenvalue weighted by Crippen LogP contribution is 1.57. The van der Waals surface area contributed by atoms with Gasteiger partial charge in [0.15, 0.2) is 0 Å². The Morgan fingerprint density at radius 2 is 2.25 bits per heavy atom. The molecule has 62 valence electrons. The Morgan fingerprint density at radius 3 is 2.83 bits per heavy atom. The number of allylic oxidation sites excluding steroid dienone is 1. The number of hydrogen-bond donors (Lipinski definition) is 1. The number of nitrogens with two attached hydrogens (primary N) is 1. The Kier molecular flexibility index (Phi) is 2.05. The molecule has 1 heterocycles. The van der Waals surface area contributed by atoms with Crippen LogP contribution >= 0.6 is 0 Å². The summed E-state index contributed by atoms with van der Waals surface area (Å²) >= 11 is 0. The zero-order valence-corrected chi connectivity index (χ0v) is 6.40. The van der Waals surface area contributed by atoms with Gasteiger partial charge in [-0.2, -0.15) is 0 Å². The van der Waals surface area contributed by atoms with Gasteiger partial charge >= 0.3 is 0 Å². The third kappa shape index (κ3) is 1.24. The van der Waals surface area contributed by atoms with Crippen LogP contribution in [0.1, 0.15) is 0 Å². The second kappa shape index (κ2) is 3.00. The van der Waals surface area contributed by atoms with Crippen molar-refractivity contribution >= 4 is 12.7 Å². The maximum Gasteiger partial charge on any atom is 0.296 e. The van der Waals surface area contributed by atoms with Gasteiger partial charge in [-0.3, -0.25) is 4.79 Å². The summed E-state index contributed by atoms with van der Waals surface area (Å²) in [5.74, 6) is 5.17. The molecule has 0 atom stereocenters. The molecule has 1 rings (SSSR count). The fourth-order valence-corrected chi connectivity index (χ4v) is 0.729. The van der Waals surface area contributed by atoms with E-state index < -0.39 is 5.56 Å². The summed E-state index contributed by atoms with van der Waals surface area (Å²) in [6, 6.07) is 0. The molecule has 5 nitrogen and oxygen atoms in total. The lowest BCUT2D eigenvalue weighted by Crippen LogP contribution is -2.50. The van der Waals surface area contributed by atoms with Crippen molar-refractivity contribution in [2.24, 2.45) is 0 Å². The van der Waals surface area contributed by atoms with Crippen LogP contribution in [0.15, 0.2) is 17.4 Å². The predicted octanol–water partition coefficient (Wildman–Crippen LogP) is -2.27. The molecule has 12 heavy (non-hydrogen) atoms. The van der Waals surface area contributed by atoms with Crippen LogP contribution in [-0.2, 0) is 0 Å². The third-order valence-corrected chi connectivity index (χ3v) is 1.30. The van der Waals surface area contributed by atoms with Crippen LogP contribution in [0.3, 0.4) is 0 Å². The van der Waals surface area contributed by atoms with Crippen LogP contribution in [0.25, 0.3) is 12.7 Å². The lowest BCUT2D eigenvalue weighted by Gasteiger charge is -1.91. The standard InChI is InChI=1S/C7H8N4O/c1-3-4-6-5(2)9-10-11(8)7(6)12/h3-4H,1-2,8H2/b6-4+. The SMILES string of the molecule is C=C/C=c1\c(=C)nnn(N)c1=O. The summed E-state index contributed by atoms with van der Waals surface area (Å²) in [5, 5.41) is 7.49. The summed E-state index contributed by atoms with van der Waals surface area (Å²) in [6.07, 6.45) is 2.95. The highest BCUT2D eigenvalue weighted by atomic mass is 16.1. The lowest BCUT2D eigenvalue weighted by molar-refractivity contribution is 0.664. The maximum absolute atomic E-state index is 11.2. The molecule has 0 aromatic carbocycles. The van der Waals surface area contributed by atoms with E-state index in [4.69, 9.17) is 5.84 Å². The van der Waals surface area contributed by atoms with Crippen molar-refractivity contribution in [2.45, 2.75) is 0 Å². The van der Waals surface area contributed by atoms with Crippen molar-refractivity contribution in [3.05, 3.63) is 33.6 Å². The first-order valence-corrected chi connectivity index (χ1v) is 3.19. The topological polar surface area (TPSA) is 73.8 Å². The number of aromatic nitrogens is 3. The monoisotopic (exact) mass is 164 g/mol. The van der Waals surface area contributed by atoms with Gasteiger partial charge in [-0.05, 0) is 11.3 Å². The molecule has 0 aliphatic carbocycles. The molecule has 0 radical (unpaired) electrons. The zero-order chi connectivity index (χ0) is 9.14. The number of nitrogens with zero attached hydrogens (tertiary/aromatic N) is 3. The Hall–Kier alpha value is -1.91. The van der Waals surface area contributed by atoms with Gasteiger partial charge in [-0.1, -0.05) is 19.2 Å². The first kappa shape index (κ1) is 8.19. The summed E-state index contributed by atoms with van der Waals surface area (Å²) in [4.78, 5) is 11.9. The summed E-state index contributed by atoms with van der Waals surface area (Å²) in [5.41, 5.74) is -0.435. The normalized spacial score (nSPS) is 11.5. The minimum atomic E-state index is -0.435. The van der Waals surface area contributed by atoms with E-state index in [0.717, 1.165) is 0 Å². The van der Waals surface area contributed by atoms with E-state index in [1.807, 2.05) is 0 Å². The second-order valence-corrected chi connectivity index (χ2v) is 2.10. The van der Waals surface area contributed by atoms with E-state index in [9.17, 15) is 4.79 Å². The molecule has 0 amide bonds. The molecule has 0 aliphatic rings. The molecule has 2 N–H and O–H groups in total. The van der Waals surface area contributed by atoms with Gasteiger partial charge < -0.3 is 5.84 Å². The predicted molar refractivity (Wildman–Crippen MR) is 45.9 cm³/mol. The Bertz CT molecular complexity index is 459. The van der Waals surface area contributed by atoms with E-state index >= 15 is 0 Å². The summed E-state index contributed by atoms with van der Waals surface area (Å²) in [7, 11) is 0. The maximum atomic E-state index is 11.2. The van der Waals surface area contributed by atoms with Crippen LogP contribution in [0.4, 0.5) is 0 Å². The van der Waals surface area contributed by atoms with Crippen molar-refractivity contribution in [3.63, 3.8) is 0 Å². The van der Waals surface area contributed by atoms with Gasteiger partial charge in [0.2, 0.25) is 0 Å². The van der Waals surface area contributed by atoms with Gasteiger partial charge in [-0.25, -0.2) is 0 Å². The quantitative estimate of drug-likeness (QED) is 0.475. The van der Waals surface area contributed by atoms with Crippen molar-refractivity contribution in [2.75, 3.05) is 5.84 Å². The van der Waals surface area contributed by atoms with Gasteiger partial charge in [0.05, 0.1) is 10.6 Å². The largest absolute Gasteiger partial charge is 0.318 e. The van der Waals surface area contributed by atoms with Crippen molar-refractivity contribution in [1.82, 2.24) is 15.1 Å². The average Bonchev–Trinajstić information content (AvgIpc) is 2.06. The van der Waals surface area contributed by atoms with Crippen LogP contribution in [-0.4, -0.2) is 15.1 Å². The van der Waals surface area contributed by atoms with E-state index in [0.29, 0.717) is 15.4 Å². The van der Waals surface area contributed by atoms with Crippen molar-refractivity contribution in [3.8, 4) is 0 Å². The second-order valence-electron chi connectivity index (χ2n) is 2.10. The Morgan fingerprint density at radius 1 is 1.58 bits per heavy atom. The van der Waals surface area contributed by atoms with E-state index in [2.05, 4.69) is 23.5 Å². The fourth-order valence-electron chi connectivity index (χ4n) is 0.729. The highest BCUT2D eigenvalue weighted by molar-refractivity contribution is 5.33. The molecule has 1 aromatic heterocycles. The molecule has 0 unspecified atom stereocenters. The summed E-state index contributed by atoms with van der Waals surface area (Å²) in [6.45, 7) is 6.97. The first-order valence-electron chi connectivity index (χ1n) is 3.19. The van der Waals surface area contributed by atoms with Crippen molar-refractivity contribution < 1.29 is 0 Å². The Labute approximate surface area is 68.1 Å². The molecule has 0 aliphatic heterocycles. The van der Waals surface area contributed by atoms with E-state index in [1.165, 1.54) is 12.2 Å².